The molecule has 1 aliphatic carbocycles. The first-order valence-corrected chi connectivity index (χ1v) is 6.96. The van der Waals surface area contributed by atoms with Gasteiger partial charge in [-0.05, 0) is 43.5 Å². The van der Waals surface area contributed by atoms with Crippen LogP contribution in [-0.4, -0.2) is 38.1 Å². The number of hydrogen-bond acceptors (Lipinski definition) is 3. The van der Waals surface area contributed by atoms with Crippen LogP contribution >= 0.6 is 0 Å². The number of benzene rings is 1. The van der Waals surface area contributed by atoms with Gasteiger partial charge in [-0.3, -0.25) is 4.90 Å². The summed E-state index contributed by atoms with van der Waals surface area (Å²) in [6.07, 6.45) is 3.84. The van der Waals surface area contributed by atoms with E-state index < -0.39 is 0 Å². The van der Waals surface area contributed by atoms with Crippen LogP contribution in [-0.2, 0) is 6.42 Å². The highest BCUT2D eigenvalue weighted by Crippen LogP contribution is 2.35. The highest BCUT2D eigenvalue weighted by molar-refractivity contribution is 5.58. The Kier molecular flexibility index (Phi) is 3.04. The maximum atomic E-state index is 5.99. The molecule has 3 rings (SSSR count). The third kappa shape index (κ3) is 2.02. The fourth-order valence-corrected chi connectivity index (χ4v) is 3.07. The second kappa shape index (κ2) is 4.56. The molecule has 0 saturated heterocycles. The molecular formula is C15H23N3. The first-order valence-electron chi connectivity index (χ1n) is 6.96. The van der Waals surface area contributed by atoms with Gasteiger partial charge in [-0.1, -0.05) is 12.1 Å². The van der Waals surface area contributed by atoms with Crippen molar-refractivity contribution in [2.24, 2.45) is 5.73 Å². The highest BCUT2D eigenvalue weighted by Gasteiger charge is 2.31. The van der Waals surface area contributed by atoms with Gasteiger partial charge in [0.1, 0.15) is 0 Å². The van der Waals surface area contributed by atoms with Crippen molar-refractivity contribution >= 4 is 5.69 Å². The van der Waals surface area contributed by atoms with Crippen LogP contribution in [0.3, 0.4) is 0 Å². The Bertz CT molecular complexity index is 439. The van der Waals surface area contributed by atoms with Gasteiger partial charge < -0.3 is 10.6 Å². The Morgan fingerprint density at radius 2 is 2.22 bits per heavy atom. The molecule has 1 atom stereocenters. The molecule has 1 heterocycles. The van der Waals surface area contributed by atoms with E-state index in [2.05, 4.69) is 42.1 Å². The lowest BCUT2D eigenvalue weighted by molar-refractivity contribution is 0.240. The topological polar surface area (TPSA) is 32.5 Å². The molecule has 1 aromatic carbocycles. The highest BCUT2D eigenvalue weighted by atomic mass is 15.2. The van der Waals surface area contributed by atoms with Crippen LogP contribution < -0.4 is 10.6 Å². The summed E-state index contributed by atoms with van der Waals surface area (Å²) in [5.74, 6) is 0. The van der Waals surface area contributed by atoms with E-state index in [0.29, 0.717) is 12.6 Å². The third-order valence-electron chi connectivity index (χ3n) is 4.45. The Hall–Kier alpha value is -1.06. The number of nitrogens with zero attached hydrogens (tertiary/aromatic N) is 2. The molecule has 0 radical (unpaired) electrons. The van der Waals surface area contributed by atoms with Gasteiger partial charge in [0.25, 0.3) is 0 Å². The second-order valence-electron chi connectivity index (χ2n) is 5.71. The van der Waals surface area contributed by atoms with E-state index >= 15 is 0 Å². The van der Waals surface area contributed by atoms with Crippen molar-refractivity contribution in [3.05, 3.63) is 29.3 Å². The van der Waals surface area contributed by atoms with Crippen molar-refractivity contribution in [1.29, 1.82) is 0 Å². The average Bonchev–Trinajstić information content (AvgIpc) is 3.16. The van der Waals surface area contributed by atoms with E-state index in [1.165, 1.54) is 36.1 Å². The molecule has 1 aromatic rings. The normalized spacial score (nSPS) is 20.3. The molecule has 0 bridgehead atoms. The minimum Gasteiger partial charge on any atom is -0.374 e. The van der Waals surface area contributed by atoms with Crippen LogP contribution in [0.15, 0.2) is 18.2 Å². The van der Waals surface area contributed by atoms with Crippen molar-refractivity contribution in [2.75, 3.05) is 32.1 Å². The Balaban J connectivity index is 1.86. The Morgan fingerprint density at radius 1 is 1.44 bits per heavy atom. The van der Waals surface area contributed by atoms with Crippen molar-refractivity contribution in [1.82, 2.24) is 4.90 Å². The summed E-state index contributed by atoms with van der Waals surface area (Å²) < 4.78 is 0. The molecule has 18 heavy (non-hydrogen) atoms. The summed E-state index contributed by atoms with van der Waals surface area (Å²) in [5, 5.41) is 0. The van der Waals surface area contributed by atoms with Gasteiger partial charge in [-0.15, -0.1) is 0 Å². The molecule has 0 aromatic heterocycles. The molecule has 3 nitrogen and oxygen atoms in total. The summed E-state index contributed by atoms with van der Waals surface area (Å²) in [6, 6.07) is 8.04. The van der Waals surface area contributed by atoms with Gasteiger partial charge >= 0.3 is 0 Å². The zero-order chi connectivity index (χ0) is 12.7. The molecule has 1 unspecified atom stereocenters. The summed E-state index contributed by atoms with van der Waals surface area (Å²) >= 11 is 0. The number of rotatable bonds is 4. The molecular weight excluding hydrogens is 222 g/mol. The van der Waals surface area contributed by atoms with Crippen LogP contribution in [0.4, 0.5) is 5.69 Å². The van der Waals surface area contributed by atoms with Crippen LogP contribution in [0.25, 0.3) is 0 Å². The lowest BCUT2D eigenvalue weighted by Crippen LogP contribution is -2.32. The summed E-state index contributed by atoms with van der Waals surface area (Å²) in [4.78, 5) is 4.79. The Morgan fingerprint density at radius 3 is 2.89 bits per heavy atom. The first kappa shape index (κ1) is 12.0. The SMILES string of the molecule is CN1CCc2cc(C(CN)N(C)C3CC3)ccc21. The van der Waals surface area contributed by atoms with Gasteiger partial charge in [-0.25, -0.2) is 0 Å². The smallest absolute Gasteiger partial charge is 0.0470 e. The zero-order valence-electron chi connectivity index (χ0n) is 11.4. The predicted octanol–water partition coefficient (Wildman–Crippen LogP) is 1.77. The number of likely N-dealkylation sites (N-methyl/N-ethyl adjacent to an activating group) is 2. The van der Waals surface area contributed by atoms with E-state index in [-0.39, 0.29) is 0 Å². The maximum absolute atomic E-state index is 5.99. The molecule has 98 valence electrons. The van der Waals surface area contributed by atoms with E-state index in [9.17, 15) is 0 Å². The van der Waals surface area contributed by atoms with Gasteiger partial charge in [-0.2, -0.15) is 0 Å². The number of anilines is 1. The van der Waals surface area contributed by atoms with E-state index in [4.69, 9.17) is 5.73 Å². The summed E-state index contributed by atoms with van der Waals surface area (Å²) in [7, 11) is 4.39. The Labute approximate surface area is 110 Å². The second-order valence-corrected chi connectivity index (χ2v) is 5.71. The lowest BCUT2D eigenvalue weighted by Gasteiger charge is -2.27. The van der Waals surface area contributed by atoms with Crippen LogP contribution in [0, 0.1) is 0 Å². The van der Waals surface area contributed by atoms with Gasteiger partial charge in [0.15, 0.2) is 0 Å². The number of nitrogens with two attached hydrogens (primary N) is 1. The van der Waals surface area contributed by atoms with Gasteiger partial charge in [0.05, 0.1) is 0 Å². The molecule has 1 saturated carbocycles. The summed E-state index contributed by atoms with van der Waals surface area (Å²) in [6.45, 7) is 1.85. The quantitative estimate of drug-likeness (QED) is 0.877. The molecule has 1 aliphatic heterocycles. The zero-order valence-corrected chi connectivity index (χ0v) is 11.4. The van der Waals surface area contributed by atoms with Crippen LogP contribution in [0.2, 0.25) is 0 Å². The largest absolute Gasteiger partial charge is 0.374 e. The van der Waals surface area contributed by atoms with Crippen LogP contribution in [0.1, 0.15) is 30.0 Å². The molecule has 2 N–H and O–H groups in total. The van der Waals surface area contributed by atoms with Gasteiger partial charge in [0, 0.05) is 37.9 Å². The van der Waals surface area contributed by atoms with E-state index in [1.807, 2.05) is 0 Å². The fraction of sp³-hybridized carbons (Fsp3) is 0.600. The van der Waals surface area contributed by atoms with Crippen molar-refractivity contribution < 1.29 is 0 Å². The minimum absolute atomic E-state index is 0.383. The fourth-order valence-electron chi connectivity index (χ4n) is 3.07. The molecule has 2 aliphatic rings. The van der Waals surface area contributed by atoms with E-state index in [1.54, 1.807) is 0 Å². The molecule has 1 fully saturated rings. The monoisotopic (exact) mass is 245 g/mol. The lowest BCUT2D eigenvalue weighted by atomic mass is 10.0. The third-order valence-corrected chi connectivity index (χ3v) is 4.45. The molecule has 3 heteroatoms. The van der Waals surface area contributed by atoms with Crippen molar-refractivity contribution in [3.8, 4) is 0 Å². The molecule has 0 amide bonds. The summed E-state index contributed by atoms with van der Waals surface area (Å²) in [5.41, 5.74) is 10.3. The average molecular weight is 245 g/mol. The van der Waals surface area contributed by atoms with Crippen LogP contribution in [0.5, 0.6) is 0 Å². The van der Waals surface area contributed by atoms with Crippen molar-refractivity contribution in [3.63, 3.8) is 0 Å². The van der Waals surface area contributed by atoms with Crippen molar-refractivity contribution in [2.45, 2.75) is 31.3 Å². The standard InChI is InChI=1S/C15H23N3/c1-17-8-7-12-9-11(3-6-14(12)17)15(10-16)18(2)13-4-5-13/h3,6,9,13,15H,4-5,7-8,10,16H2,1-2H3. The number of fused-ring (bicyclic) bond motifs is 1. The van der Waals surface area contributed by atoms with E-state index in [0.717, 1.165) is 12.6 Å². The number of hydrogen-bond donors (Lipinski definition) is 1. The first-order chi connectivity index (χ1) is 8.70. The predicted molar refractivity (Wildman–Crippen MR) is 76.0 cm³/mol. The molecule has 0 spiro atoms. The minimum atomic E-state index is 0.383. The van der Waals surface area contributed by atoms with Gasteiger partial charge in [0.2, 0.25) is 0 Å². The maximum Gasteiger partial charge on any atom is 0.0470 e.